The minimum absolute atomic E-state index is 0.0113. The fourth-order valence-electron chi connectivity index (χ4n) is 5.81. The maximum absolute atomic E-state index is 12.9. The fourth-order valence-corrected chi connectivity index (χ4v) is 12.2. The molecule has 2 aliphatic carbocycles. The molecule has 2 fully saturated rings. The van der Waals surface area contributed by atoms with Gasteiger partial charge in [-0.2, -0.15) is 4.99 Å². The van der Waals surface area contributed by atoms with Crippen LogP contribution in [-0.2, 0) is 54.1 Å². The number of aryl methyl sites for hydroxylation is 2. The Morgan fingerprint density at radius 3 is 1.43 bits per heavy atom. The Kier molecular flexibility index (Phi) is 13.5. The third kappa shape index (κ3) is 9.80. The van der Waals surface area contributed by atoms with Gasteiger partial charge in [0.25, 0.3) is 11.1 Å². The summed E-state index contributed by atoms with van der Waals surface area (Å²) in [5.41, 5.74) is 12.0. The van der Waals surface area contributed by atoms with Gasteiger partial charge in [-0.1, -0.05) is 39.5 Å². The van der Waals surface area contributed by atoms with Crippen molar-refractivity contribution in [1.82, 2.24) is 0 Å². The van der Waals surface area contributed by atoms with Gasteiger partial charge in [-0.25, -0.2) is 16.8 Å². The van der Waals surface area contributed by atoms with Crippen LogP contribution in [0.4, 0.5) is 0 Å². The molecule has 260 valence electrons. The average molecular weight is 748 g/mol. The molecule has 16 heteroatoms. The molecule has 0 spiro atoms. The zero-order valence-electron chi connectivity index (χ0n) is 26.9. The summed E-state index contributed by atoms with van der Waals surface area (Å²) in [6.45, 7) is 3.67. The third-order valence-corrected chi connectivity index (χ3v) is 14.6. The van der Waals surface area contributed by atoms with Crippen molar-refractivity contribution in [2.24, 2.45) is 16.5 Å². The zero-order valence-corrected chi connectivity index (χ0v) is 30.9. The van der Waals surface area contributed by atoms with E-state index in [-0.39, 0.29) is 36.3 Å². The lowest BCUT2D eigenvalue weighted by Gasteiger charge is -2.16. The lowest BCUT2D eigenvalue weighted by atomic mass is 10.0. The van der Waals surface area contributed by atoms with Gasteiger partial charge in [0.1, 0.15) is 0 Å². The van der Waals surface area contributed by atoms with E-state index in [0.717, 1.165) is 63.9 Å². The Balaban J connectivity index is 0.000000257. The third-order valence-electron chi connectivity index (χ3n) is 8.22. The van der Waals surface area contributed by atoms with Gasteiger partial charge in [0, 0.05) is 34.1 Å². The van der Waals surface area contributed by atoms with Crippen molar-refractivity contribution in [2.45, 2.75) is 108 Å². The maximum atomic E-state index is 12.9. The van der Waals surface area contributed by atoms with Crippen molar-refractivity contribution in [3.8, 4) is 0 Å². The van der Waals surface area contributed by atoms with Crippen LogP contribution in [0.25, 0.3) is 0 Å². The first-order valence-corrected chi connectivity index (χ1v) is 21.9. The molecular formula is C31H42ClN3O8S4. The Bertz CT molecular complexity index is 1830. The molecule has 4 rings (SSSR count). The number of benzene rings is 2. The van der Waals surface area contributed by atoms with Gasteiger partial charge < -0.3 is 11.5 Å². The number of amides is 1. The SMILES string of the molecule is CCc1cc(S(=O)C2CCCC2)c(S(C)(=O)=O)cc1C(=O)Cl.CCc1cc(S(=O)C2CCCC2)c(S(C)(=O)=O)cc1C(=O)N=C(N)N. The summed E-state index contributed by atoms with van der Waals surface area (Å²) < 4.78 is 74.3. The predicted molar refractivity (Wildman–Crippen MR) is 186 cm³/mol. The van der Waals surface area contributed by atoms with E-state index in [4.69, 9.17) is 23.1 Å². The van der Waals surface area contributed by atoms with Gasteiger partial charge in [-0.15, -0.1) is 0 Å². The number of hydrogen-bond acceptors (Lipinski definition) is 8. The van der Waals surface area contributed by atoms with Crippen LogP contribution >= 0.6 is 11.6 Å². The second-order valence-corrected chi connectivity index (χ2v) is 19.4. The number of carbonyl (C=O) groups is 2. The summed E-state index contributed by atoms with van der Waals surface area (Å²) in [6, 6.07) is 5.68. The highest BCUT2D eigenvalue weighted by Crippen LogP contribution is 2.34. The lowest BCUT2D eigenvalue weighted by molar-refractivity contribution is 0.100. The summed E-state index contributed by atoms with van der Waals surface area (Å²) in [5.74, 6) is -1.11. The number of guanidine groups is 1. The fraction of sp³-hybridized carbons (Fsp3) is 0.516. The largest absolute Gasteiger partial charge is 0.370 e. The summed E-state index contributed by atoms with van der Waals surface area (Å²) in [4.78, 5) is 27.7. The molecule has 0 radical (unpaired) electrons. The topological polar surface area (TPSA) is 201 Å². The van der Waals surface area contributed by atoms with Crippen molar-refractivity contribution >= 4 is 70.0 Å². The molecule has 2 atom stereocenters. The van der Waals surface area contributed by atoms with Crippen molar-refractivity contribution < 1.29 is 34.8 Å². The first-order valence-electron chi connectivity index (χ1n) is 15.3. The highest BCUT2D eigenvalue weighted by Gasteiger charge is 2.30. The first kappa shape index (κ1) is 39.0. The van der Waals surface area contributed by atoms with Crippen molar-refractivity contribution in [3.05, 3.63) is 46.5 Å². The molecule has 2 aliphatic rings. The quantitative estimate of drug-likeness (QED) is 0.202. The number of carbonyl (C=O) groups excluding carboxylic acids is 2. The van der Waals surface area contributed by atoms with Crippen LogP contribution in [0.3, 0.4) is 0 Å². The molecule has 0 saturated heterocycles. The number of nitrogens with two attached hydrogens (primary N) is 2. The molecule has 11 nitrogen and oxygen atoms in total. The van der Waals surface area contributed by atoms with Crippen LogP contribution in [0.2, 0.25) is 0 Å². The zero-order chi connectivity index (χ0) is 35.3. The maximum Gasteiger partial charge on any atom is 0.280 e. The van der Waals surface area contributed by atoms with Gasteiger partial charge in [-0.05, 0) is 85.5 Å². The number of nitrogens with zero attached hydrogens (tertiary/aromatic N) is 1. The molecule has 0 heterocycles. The van der Waals surface area contributed by atoms with Crippen molar-refractivity contribution in [2.75, 3.05) is 12.5 Å². The normalized spacial score (nSPS) is 17.0. The van der Waals surface area contributed by atoms with Gasteiger partial charge in [0.15, 0.2) is 25.6 Å². The molecular weight excluding hydrogens is 706 g/mol. The molecule has 2 unspecified atom stereocenters. The molecule has 4 N–H and O–H groups in total. The number of aliphatic imine (C=N–C) groups is 1. The summed E-state index contributed by atoms with van der Waals surface area (Å²) in [6.07, 6.45) is 10.4. The van der Waals surface area contributed by atoms with E-state index in [9.17, 15) is 34.8 Å². The van der Waals surface area contributed by atoms with Gasteiger partial charge in [0.2, 0.25) is 0 Å². The summed E-state index contributed by atoms with van der Waals surface area (Å²) in [7, 11) is -10.1. The van der Waals surface area contributed by atoms with Crippen molar-refractivity contribution in [3.63, 3.8) is 0 Å². The second kappa shape index (κ2) is 16.3. The van der Waals surface area contributed by atoms with E-state index in [1.165, 1.54) is 12.1 Å². The summed E-state index contributed by atoms with van der Waals surface area (Å²) >= 11 is 5.56. The minimum Gasteiger partial charge on any atom is -0.370 e. The van der Waals surface area contributed by atoms with E-state index in [0.29, 0.717) is 28.9 Å². The molecule has 47 heavy (non-hydrogen) atoms. The standard InChI is InChI=1S/C16H23N3O4S2.C15H19ClO4S2/c1-3-10-8-13(24(21)11-6-4-5-7-11)14(25(2,22)23)9-12(10)15(20)19-16(17)18;1-3-10-8-13(21(18)11-6-4-5-7-11)14(22(2,19)20)9-12(10)15(16)17/h8-9,11H,3-7H2,1-2H3,(H4,17,18,19,20);8-9,11H,3-7H2,1-2H3. The summed E-state index contributed by atoms with van der Waals surface area (Å²) in [5, 5.41) is -0.757. The smallest absolute Gasteiger partial charge is 0.280 e. The molecule has 2 saturated carbocycles. The van der Waals surface area contributed by atoms with E-state index >= 15 is 0 Å². The minimum atomic E-state index is -3.67. The Labute approximate surface area is 287 Å². The Hall–Kier alpha value is -2.46. The van der Waals surface area contributed by atoms with Gasteiger partial charge in [-0.3, -0.25) is 18.0 Å². The lowest BCUT2D eigenvalue weighted by Crippen LogP contribution is -2.24. The van der Waals surface area contributed by atoms with E-state index in [1.54, 1.807) is 12.1 Å². The van der Waals surface area contributed by atoms with Crippen molar-refractivity contribution in [1.29, 1.82) is 0 Å². The van der Waals surface area contributed by atoms with Crippen LogP contribution in [0.5, 0.6) is 0 Å². The van der Waals surface area contributed by atoms with Crippen LogP contribution in [0.1, 0.15) is 97.1 Å². The average Bonchev–Trinajstić information content (AvgIpc) is 3.73. The van der Waals surface area contributed by atoms with E-state index in [1.807, 2.05) is 13.8 Å². The Morgan fingerprint density at radius 2 is 1.11 bits per heavy atom. The monoisotopic (exact) mass is 747 g/mol. The number of hydrogen-bond donors (Lipinski definition) is 2. The molecule has 0 bridgehead atoms. The molecule has 0 aliphatic heterocycles. The highest BCUT2D eigenvalue weighted by molar-refractivity contribution is 7.92. The predicted octanol–water partition coefficient (Wildman–Crippen LogP) is 4.20. The highest BCUT2D eigenvalue weighted by atomic mass is 35.5. The molecule has 2 aromatic carbocycles. The molecule has 0 aromatic heterocycles. The van der Waals surface area contributed by atoms with Crippen LogP contribution in [0.15, 0.2) is 48.8 Å². The number of sulfone groups is 2. The van der Waals surface area contributed by atoms with Gasteiger partial charge >= 0.3 is 0 Å². The first-order chi connectivity index (χ1) is 21.9. The second-order valence-electron chi connectivity index (χ2n) is 11.7. The Morgan fingerprint density at radius 1 is 0.745 bits per heavy atom. The van der Waals surface area contributed by atoms with E-state index in [2.05, 4.69) is 4.99 Å². The van der Waals surface area contributed by atoms with Gasteiger partial charge in [0.05, 0.1) is 41.2 Å². The van der Waals surface area contributed by atoms with Crippen LogP contribution < -0.4 is 11.5 Å². The molecule has 2 aromatic rings. The number of rotatable bonds is 10. The van der Waals surface area contributed by atoms with Crippen LogP contribution in [-0.4, -0.2) is 65.4 Å². The molecule has 1 amide bonds. The van der Waals surface area contributed by atoms with E-state index < -0.39 is 58.4 Å². The number of halogens is 1. The van der Waals surface area contributed by atoms with Crippen LogP contribution in [0, 0.1) is 0 Å².